The second kappa shape index (κ2) is 7.06. The predicted octanol–water partition coefficient (Wildman–Crippen LogP) is 2.06. The number of furan rings is 1. The summed E-state index contributed by atoms with van der Waals surface area (Å²) in [4.78, 5) is 10.9. The third kappa shape index (κ3) is 4.49. The van der Waals surface area contributed by atoms with Crippen LogP contribution in [0, 0.1) is 0 Å². The van der Waals surface area contributed by atoms with Crippen LogP contribution in [0.15, 0.2) is 22.8 Å². The molecule has 0 aliphatic heterocycles. The molecule has 1 unspecified atom stereocenters. The van der Waals surface area contributed by atoms with Crippen LogP contribution in [0.2, 0.25) is 0 Å². The van der Waals surface area contributed by atoms with Crippen molar-refractivity contribution in [3.8, 4) is 0 Å². The quantitative estimate of drug-likeness (QED) is 0.710. The third-order valence-corrected chi connectivity index (χ3v) is 2.49. The highest BCUT2D eigenvalue weighted by atomic mass is 16.4. The molecule has 0 spiro atoms. The maximum Gasteiger partial charge on any atom is 0.320 e. The van der Waals surface area contributed by atoms with E-state index in [4.69, 9.17) is 9.52 Å². The molecule has 1 aromatic heterocycles. The van der Waals surface area contributed by atoms with Crippen molar-refractivity contribution in [3.05, 3.63) is 24.2 Å². The van der Waals surface area contributed by atoms with E-state index in [-0.39, 0.29) is 0 Å². The van der Waals surface area contributed by atoms with Crippen LogP contribution < -0.4 is 5.32 Å². The largest absolute Gasteiger partial charge is 0.480 e. The molecule has 16 heavy (non-hydrogen) atoms. The molecule has 0 fully saturated rings. The molecule has 0 aliphatic rings. The van der Waals surface area contributed by atoms with Gasteiger partial charge in [0.15, 0.2) is 0 Å². The Bertz CT molecular complexity index is 295. The van der Waals surface area contributed by atoms with Crippen LogP contribution in [0.5, 0.6) is 0 Å². The lowest BCUT2D eigenvalue weighted by molar-refractivity contribution is -0.139. The number of nitrogens with one attached hydrogen (secondary N) is 1. The second-order valence-corrected chi connectivity index (χ2v) is 3.82. The van der Waals surface area contributed by atoms with Crippen molar-refractivity contribution in [2.75, 3.05) is 6.54 Å². The summed E-state index contributed by atoms with van der Waals surface area (Å²) in [6, 6.07) is 3.29. The lowest BCUT2D eigenvalue weighted by atomic mass is 10.1. The average molecular weight is 225 g/mol. The van der Waals surface area contributed by atoms with Gasteiger partial charge in [0.05, 0.1) is 6.26 Å². The van der Waals surface area contributed by atoms with E-state index in [0.717, 1.165) is 25.0 Å². The Balaban J connectivity index is 2.24. The normalized spacial score (nSPS) is 12.6. The maximum absolute atomic E-state index is 10.9. The van der Waals surface area contributed by atoms with Crippen molar-refractivity contribution in [2.24, 2.45) is 0 Å². The summed E-state index contributed by atoms with van der Waals surface area (Å²) in [5.41, 5.74) is 0. The van der Waals surface area contributed by atoms with E-state index in [9.17, 15) is 4.79 Å². The summed E-state index contributed by atoms with van der Waals surface area (Å²) in [5, 5.41) is 12.0. The fourth-order valence-electron chi connectivity index (χ4n) is 1.55. The van der Waals surface area contributed by atoms with E-state index in [2.05, 4.69) is 12.2 Å². The third-order valence-electron chi connectivity index (χ3n) is 2.49. The Morgan fingerprint density at radius 3 is 3.00 bits per heavy atom. The molecule has 1 atom stereocenters. The van der Waals surface area contributed by atoms with Crippen molar-refractivity contribution in [3.63, 3.8) is 0 Å². The van der Waals surface area contributed by atoms with Crippen LogP contribution in [-0.2, 0) is 11.2 Å². The molecular weight excluding hydrogens is 206 g/mol. The number of aliphatic carboxylic acids is 1. The standard InChI is InChI=1S/C12H19NO3/c1-2-3-6-11(12(14)15)13-8-7-10-5-4-9-16-10/h4-5,9,11,13H,2-3,6-8H2,1H3,(H,14,15). The molecule has 0 radical (unpaired) electrons. The minimum absolute atomic E-state index is 0.435. The van der Waals surface area contributed by atoms with E-state index in [1.165, 1.54) is 0 Å². The Labute approximate surface area is 95.7 Å². The van der Waals surface area contributed by atoms with E-state index < -0.39 is 12.0 Å². The number of hydrogen-bond acceptors (Lipinski definition) is 3. The lowest BCUT2D eigenvalue weighted by Crippen LogP contribution is -2.37. The Kier molecular flexibility index (Phi) is 5.64. The summed E-state index contributed by atoms with van der Waals surface area (Å²) in [6.07, 6.45) is 4.99. The molecule has 0 bridgehead atoms. The van der Waals surface area contributed by atoms with E-state index >= 15 is 0 Å². The predicted molar refractivity (Wildman–Crippen MR) is 61.4 cm³/mol. The lowest BCUT2D eigenvalue weighted by Gasteiger charge is -2.13. The second-order valence-electron chi connectivity index (χ2n) is 3.82. The van der Waals surface area contributed by atoms with Gasteiger partial charge in [0.2, 0.25) is 0 Å². The first-order valence-electron chi connectivity index (χ1n) is 5.72. The molecule has 4 heteroatoms. The minimum Gasteiger partial charge on any atom is -0.480 e. The molecule has 1 aromatic rings. The van der Waals surface area contributed by atoms with Gasteiger partial charge in [-0.2, -0.15) is 0 Å². The van der Waals surface area contributed by atoms with Gasteiger partial charge in [0.25, 0.3) is 0 Å². The number of carboxylic acids is 1. The highest BCUT2D eigenvalue weighted by Crippen LogP contribution is 2.03. The first-order chi connectivity index (χ1) is 7.74. The van der Waals surface area contributed by atoms with Gasteiger partial charge in [0, 0.05) is 13.0 Å². The van der Waals surface area contributed by atoms with Crippen LogP contribution >= 0.6 is 0 Å². The van der Waals surface area contributed by atoms with E-state index in [1.807, 2.05) is 12.1 Å². The molecule has 2 N–H and O–H groups in total. The van der Waals surface area contributed by atoms with Gasteiger partial charge in [-0.15, -0.1) is 0 Å². The average Bonchev–Trinajstić information content (AvgIpc) is 2.75. The number of rotatable bonds is 8. The molecule has 0 saturated carbocycles. The van der Waals surface area contributed by atoms with Crippen LogP contribution in [0.4, 0.5) is 0 Å². The van der Waals surface area contributed by atoms with Gasteiger partial charge in [-0.05, 0) is 18.6 Å². The number of unbranched alkanes of at least 4 members (excludes halogenated alkanes) is 1. The van der Waals surface area contributed by atoms with E-state index in [0.29, 0.717) is 13.0 Å². The van der Waals surface area contributed by atoms with Crippen LogP contribution in [0.3, 0.4) is 0 Å². The first kappa shape index (κ1) is 12.8. The summed E-state index contributed by atoms with van der Waals surface area (Å²) < 4.78 is 5.17. The maximum atomic E-state index is 10.9. The Morgan fingerprint density at radius 1 is 1.62 bits per heavy atom. The molecular formula is C12H19NO3. The van der Waals surface area contributed by atoms with Crippen molar-refractivity contribution in [2.45, 2.75) is 38.6 Å². The van der Waals surface area contributed by atoms with Crippen molar-refractivity contribution >= 4 is 5.97 Å². The Morgan fingerprint density at radius 2 is 2.44 bits per heavy atom. The molecule has 0 saturated heterocycles. The number of carboxylic acid groups (broad SMARTS) is 1. The fourth-order valence-corrected chi connectivity index (χ4v) is 1.55. The van der Waals surface area contributed by atoms with Gasteiger partial charge in [-0.3, -0.25) is 4.79 Å². The van der Waals surface area contributed by atoms with Crippen LogP contribution in [0.1, 0.15) is 31.9 Å². The topological polar surface area (TPSA) is 62.5 Å². The number of hydrogen-bond donors (Lipinski definition) is 2. The number of carbonyl (C=O) groups is 1. The highest BCUT2D eigenvalue weighted by Gasteiger charge is 2.15. The summed E-state index contributed by atoms with van der Waals surface area (Å²) in [7, 11) is 0. The van der Waals surface area contributed by atoms with Crippen LogP contribution in [-0.4, -0.2) is 23.7 Å². The van der Waals surface area contributed by atoms with Crippen molar-refractivity contribution < 1.29 is 14.3 Å². The van der Waals surface area contributed by atoms with Crippen LogP contribution in [0.25, 0.3) is 0 Å². The molecule has 1 rings (SSSR count). The van der Waals surface area contributed by atoms with Gasteiger partial charge < -0.3 is 14.8 Å². The summed E-state index contributed by atoms with van der Waals surface area (Å²) >= 11 is 0. The first-order valence-corrected chi connectivity index (χ1v) is 5.72. The van der Waals surface area contributed by atoms with Crippen molar-refractivity contribution in [1.82, 2.24) is 5.32 Å². The molecule has 1 heterocycles. The monoisotopic (exact) mass is 225 g/mol. The zero-order valence-corrected chi connectivity index (χ0v) is 9.61. The minimum atomic E-state index is -0.770. The summed E-state index contributed by atoms with van der Waals surface area (Å²) in [5.74, 6) is 0.111. The molecule has 0 aromatic carbocycles. The molecule has 0 amide bonds. The Hall–Kier alpha value is -1.29. The van der Waals surface area contributed by atoms with Gasteiger partial charge in [-0.1, -0.05) is 19.8 Å². The fraction of sp³-hybridized carbons (Fsp3) is 0.583. The van der Waals surface area contributed by atoms with Crippen molar-refractivity contribution in [1.29, 1.82) is 0 Å². The SMILES string of the molecule is CCCCC(NCCc1ccco1)C(=O)O. The van der Waals surface area contributed by atoms with Gasteiger partial charge >= 0.3 is 5.97 Å². The smallest absolute Gasteiger partial charge is 0.320 e. The molecule has 0 aliphatic carbocycles. The zero-order chi connectivity index (χ0) is 11.8. The molecule has 90 valence electrons. The summed E-state index contributed by atoms with van der Waals surface area (Å²) in [6.45, 7) is 2.69. The molecule has 4 nitrogen and oxygen atoms in total. The highest BCUT2D eigenvalue weighted by molar-refractivity contribution is 5.73. The van der Waals surface area contributed by atoms with E-state index in [1.54, 1.807) is 6.26 Å². The van der Waals surface area contributed by atoms with Gasteiger partial charge in [-0.25, -0.2) is 0 Å². The van der Waals surface area contributed by atoms with Gasteiger partial charge in [0.1, 0.15) is 11.8 Å². The zero-order valence-electron chi connectivity index (χ0n) is 9.61.